The van der Waals surface area contributed by atoms with E-state index < -0.39 is 15.8 Å². The smallest absolute Gasteiger partial charge is 0.261 e. The van der Waals surface area contributed by atoms with Crippen LogP contribution in [0.3, 0.4) is 0 Å². The van der Waals surface area contributed by atoms with Gasteiger partial charge in [0.25, 0.3) is 10.0 Å². The molecule has 4 nitrogen and oxygen atoms in total. The summed E-state index contributed by atoms with van der Waals surface area (Å²) in [5, 5.41) is 9.50. The van der Waals surface area contributed by atoms with Crippen molar-refractivity contribution in [1.29, 1.82) is 0 Å². The number of nitrogens with one attached hydrogen (secondary N) is 1. The minimum atomic E-state index is -3.83. The van der Waals surface area contributed by atoms with Crippen LogP contribution >= 0.6 is 11.6 Å². The third-order valence-electron chi connectivity index (χ3n) is 2.32. The van der Waals surface area contributed by atoms with Crippen molar-refractivity contribution < 1.29 is 17.9 Å². The van der Waals surface area contributed by atoms with Crippen molar-refractivity contribution in [2.45, 2.75) is 4.90 Å². The molecule has 0 saturated carbocycles. The number of aromatic hydroxyl groups is 1. The monoisotopic (exact) mass is 301 g/mol. The van der Waals surface area contributed by atoms with Crippen molar-refractivity contribution in [2.24, 2.45) is 0 Å². The van der Waals surface area contributed by atoms with Gasteiger partial charge in [0.1, 0.15) is 11.6 Å². The normalized spacial score (nSPS) is 11.3. The van der Waals surface area contributed by atoms with Crippen LogP contribution in [0.15, 0.2) is 47.4 Å². The van der Waals surface area contributed by atoms with Crippen LogP contribution in [0.25, 0.3) is 0 Å². The SMILES string of the molecule is O=S(=O)(Nc1ccc(Cl)c(O)c1)c1ccc(F)cc1. The minimum absolute atomic E-state index is 0.0802. The molecule has 0 heterocycles. The van der Waals surface area contributed by atoms with E-state index in [1.54, 1.807) is 0 Å². The average Bonchev–Trinajstić information content (AvgIpc) is 2.34. The Balaban J connectivity index is 2.30. The average molecular weight is 302 g/mol. The fourth-order valence-electron chi connectivity index (χ4n) is 1.40. The van der Waals surface area contributed by atoms with E-state index in [9.17, 15) is 17.9 Å². The zero-order chi connectivity index (χ0) is 14.0. The summed E-state index contributed by atoms with van der Waals surface area (Å²) >= 11 is 5.62. The molecule has 2 aromatic carbocycles. The summed E-state index contributed by atoms with van der Waals surface area (Å²) in [5.41, 5.74) is 0.159. The van der Waals surface area contributed by atoms with Crippen molar-refractivity contribution in [3.05, 3.63) is 53.3 Å². The number of benzene rings is 2. The molecule has 0 saturated heterocycles. The Kier molecular flexibility index (Phi) is 3.64. The maximum Gasteiger partial charge on any atom is 0.261 e. The zero-order valence-corrected chi connectivity index (χ0v) is 11.0. The van der Waals surface area contributed by atoms with E-state index in [2.05, 4.69) is 4.72 Å². The van der Waals surface area contributed by atoms with E-state index in [1.807, 2.05) is 0 Å². The molecule has 0 fully saturated rings. The predicted molar refractivity (Wildman–Crippen MR) is 70.3 cm³/mol. The topological polar surface area (TPSA) is 66.4 Å². The molecule has 7 heteroatoms. The quantitative estimate of drug-likeness (QED) is 0.916. The number of halogens is 2. The highest BCUT2D eigenvalue weighted by Crippen LogP contribution is 2.27. The molecule has 0 aliphatic heterocycles. The molecule has 2 rings (SSSR count). The van der Waals surface area contributed by atoms with Crippen molar-refractivity contribution in [2.75, 3.05) is 4.72 Å². The van der Waals surface area contributed by atoms with Gasteiger partial charge < -0.3 is 5.11 Å². The first kappa shape index (κ1) is 13.6. The summed E-state index contributed by atoms with van der Waals surface area (Å²) in [4.78, 5) is -0.0802. The standard InChI is InChI=1S/C12H9ClFNO3S/c13-11-6-3-9(7-12(11)16)15-19(17,18)10-4-1-8(14)2-5-10/h1-7,15-16H. The molecule has 19 heavy (non-hydrogen) atoms. The molecule has 0 atom stereocenters. The van der Waals surface area contributed by atoms with Crippen LogP contribution in [0, 0.1) is 5.82 Å². The van der Waals surface area contributed by atoms with Gasteiger partial charge in [-0.25, -0.2) is 12.8 Å². The first-order valence-electron chi connectivity index (χ1n) is 5.15. The maximum atomic E-state index is 12.7. The Labute approximate surface area is 114 Å². The van der Waals surface area contributed by atoms with Crippen molar-refractivity contribution in [3.8, 4) is 5.75 Å². The number of rotatable bonds is 3. The number of sulfonamides is 1. The second kappa shape index (κ2) is 5.07. The second-order valence-corrected chi connectivity index (χ2v) is 5.82. The fraction of sp³-hybridized carbons (Fsp3) is 0. The lowest BCUT2D eigenvalue weighted by molar-refractivity contribution is 0.476. The van der Waals surface area contributed by atoms with Crippen LogP contribution in [-0.2, 0) is 10.0 Å². The van der Waals surface area contributed by atoms with Gasteiger partial charge in [0, 0.05) is 6.07 Å². The molecule has 0 bridgehead atoms. The molecular formula is C12H9ClFNO3S. The third-order valence-corrected chi connectivity index (χ3v) is 4.04. The summed E-state index contributed by atoms with van der Waals surface area (Å²) in [6.07, 6.45) is 0. The summed E-state index contributed by atoms with van der Waals surface area (Å²) in [7, 11) is -3.83. The Morgan fingerprint density at radius 3 is 2.32 bits per heavy atom. The predicted octanol–water partition coefficient (Wildman–Crippen LogP) is 2.99. The number of anilines is 1. The van der Waals surface area contributed by atoms with E-state index in [0.717, 1.165) is 24.3 Å². The van der Waals surface area contributed by atoms with Gasteiger partial charge in [0.2, 0.25) is 0 Å². The first-order valence-corrected chi connectivity index (χ1v) is 7.01. The molecular weight excluding hydrogens is 293 g/mol. The summed E-state index contributed by atoms with van der Waals surface area (Å²) in [5.74, 6) is -0.760. The number of hydrogen-bond acceptors (Lipinski definition) is 3. The van der Waals surface area contributed by atoms with Gasteiger partial charge in [-0.15, -0.1) is 0 Å². The van der Waals surface area contributed by atoms with Crippen LogP contribution in [0.5, 0.6) is 5.75 Å². The molecule has 0 aliphatic rings. The lowest BCUT2D eigenvalue weighted by atomic mass is 10.3. The molecule has 2 aromatic rings. The van der Waals surface area contributed by atoms with Crippen molar-refractivity contribution >= 4 is 27.3 Å². The van der Waals surface area contributed by atoms with Gasteiger partial charge in [-0.3, -0.25) is 4.72 Å². The largest absolute Gasteiger partial charge is 0.506 e. The van der Waals surface area contributed by atoms with Gasteiger partial charge in [0.15, 0.2) is 0 Å². The fourth-order valence-corrected chi connectivity index (χ4v) is 2.57. The van der Waals surface area contributed by atoms with Gasteiger partial charge >= 0.3 is 0 Å². The van der Waals surface area contributed by atoms with Gasteiger partial charge in [-0.05, 0) is 36.4 Å². The summed E-state index contributed by atoms with van der Waals surface area (Å²) < 4.78 is 38.9. The lowest BCUT2D eigenvalue weighted by Gasteiger charge is -2.08. The van der Waals surface area contributed by atoms with E-state index in [-0.39, 0.29) is 21.4 Å². The second-order valence-electron chi connectivity index (χ2n) is 3.73. The van der Waals surface area contributed by atoms with Crippen LogP contribution in [0.4, 0.5) is 10.1 Å². The van der Waals surface area contributed by atoms with Crippen molar-refractivity contribution in [3.63, 3.8) is 0 Å². The molecule has 0 amide bonds. The Morgan fingerprint density at radius 1 is 1.11 bits per heavy atom. The van der Waals surface area contributed by atoms with Crippen molar-refractivity contribution in [1.82, 2.24) is 0 Å². The van der Waals surface area contributed by atoms with Gasteiger partial charge in [-0.1, -0.05) is 11.6 Å². The Morgan fingerprint density at radius 2 is 1.74 bits per heavy atom. The summed E-state index contributed by atoms with van der Waals surface area (Å²) in [6.45, 7) is 0. The van der Waals surface area contributed by atoms with E-state index in [0.29, 0.717) is 0 Å². The molecule has 0 aromatic heterocycles. The number of phenols is 1. The lowest BCUT2D eigenvalue weighted by Crippen LogP contribution is -2.12. The summed E-state index contributed by atoms with van der Waals surface area (Å²) in [6, 6.07) is 8.34. The molecule has 100 valence electrons. The van der Waals surface area contributed by atoms with Crippen LogP contribution in [0.2, 0.25) is 5.02 Å². The minimum Gasteiger partial charge on any atom is -0.506 e. The van der Waals surface area contributed by atoms with Gasteiger partial charge in [0.05, 0.1) is 15.6 Å². The molecule has 0 spiro atoms. The molecule has 0 aliphatic carbocycles. The molecule has 0 unspecified atom stereocenters. The molecule has 2 N–H and O–H groups in total. The Bertz CT molecular complexity index is 701. The van der Waals surface area contributed by atoms with Crippen LogP contribution < -0.4 is 4.72 Å². The van der Waals surface area contributed by atoms with E-state index in [1.165, 1.54) is 18.2 Å². The Hall–Kier alpha value is -1.79. The number of hydrogen-bond donors (Lipinski definition) is 2. The van der Waals surface area contributed by atoms with Crippen LogP contribution in [-0.4, -0.2) is 13.5 Å². The molecule has 0 radical (unpaired) electrons. The zero-order valence-electron chi connectivity index (χ0n) is 9.47. The maximum absolute atomic E-state index is 12.7. The van der Waals surface area contributed by atoms with E-state index in [4.69, 9.17) is 11.6 Å². The van der Waals surface area contributed by atoms with E-state index >= 15 is 0 Å². The third kappa shape index (κ3) is 3.15. The number of phenolic OH excluding ortho intramolecular Hbond substituents is 1. The highest BCUT2D eigenvalue weighted by Gasteiger charge is 2.14. The highest BCUT2D eigenvalue weighted by atomic mass is 35.5. The van der Waals surface area contributed by atoms with Gasteiger partial charge in [-0.2, -0.15) is 0 Å². The first-order chi connectivity index (χ1) is 8.88. The van der Waals surface area contributed by atoms with Crippen LogP contribution in [0.1, 0.15) is 0 Å². The highest BCUT2D eigenvalue weighted by molar-refractivity contribution is 7.92.